The summed E-state index contributed by atoms with van der Waals surface area (Å²) in [6.45, 7) is 10.0. The second-order valence-electron chi connectivity index (χ2n) is 5.33. The van der Waals surface area contributed by atoms with Crippen LogP contribution in [0.25, 0.3) is 0 Å². The molecule has 1 aliphatic heterocycles. The molecule has 2 N–H and O–H groups in total. The molecule has 1 aromatic carbocycles. The van der Waals surface area contributed by atoms with Crippen molar-refractivity contribution in [2.45, 2.75) is 26.3 Å². The van der Waals surface area contributed by atoms with Gasteiger partial charge in [-0.1, -0.05) is 13.0 Å². The van der Waals surface area contributed by atoms with Crippen molar-refractivity contribution in [3.8, 4) is 0 Å². The summed E-state index contributed by atoms with van der Waals surface area (Å²) in [5, 5.41) is 0. The third-order valence-electron chi connectivity index (χ3n) is 3.75. The van der Waals surface area contributed by atoms with Crippen LogP contribution in [0, 0.1) is 0 Å². The third kappa shape index (κ3) is 3.71. The minimum Gasteiger partial charge on any atom is -0.368 e. The van der Waals surface area contributed by atoms with Gasteiger partial charge in [0.05, 0.1) is 5.69 Å². The molecular weight excluding hydrogens is 302 g/mol. The quantitative estimate of drug-likeness (QED) is 0.923. The number of rotatable bonds is 4. The Morgan fingerprint density at radius 3 is 2.47 bits per heavy atom. The highest BCUT2D eigenvalue weighted by atomic mass is 79.9. The van der Waals surface area contributed by atoms with Gasteiger partial charge in [0.25, 0.3) is 0 Å². The lowest BCUT2D eigenvalue weighted by molar-refractivity contribution is 0.258. The summed E-state index contributed by atoms with van der Waals surface area (Å²) in [7, 11) is 0. The van der Waals surface area contributed by atoms with Crippen molar-refractivity contribution >= 4 is 21.6 Å². The molecule has 1 heterocycles. The average molecular weight is 326 g/mol. The first-order chi connectivity index (χ1) is 9.11. The lowest BCUT2D eigenvalue weighted by atomic mass is 10.1. The zero-order valence-corrected chi connectivity index (χ0v) is 13.5. The fourth-order valence-electron chi connectivity index (χ4n) is 2.59. The molecule has 0 radical (unpaired) electrons. The topological polar surface area (TPSA) is 32.5 Å². The number of benzene rings is 1. The lowest BCUT2D eigenvalue weighted by Crippen LogP contribution is -2.46. The van der Waals surface area contributed by atoms with E-state index in [1.165, 1.54) is 24.2 Å². The van der Waals surface area contributed by atoms with E-state index in [-0.39, 0.29) is 6.04 Å². The van der Waals surface area contributed by atoms with Gasteiger partial charge in [-0.05, 0) is 53.5 Å². The number of anilines is 1. The molecule has 1 saturated heterocycles. The molecule has 0 aliphatic carbocycles. The van der Waals surface area contributed by atoms with Crippen LogP contribution in [-0.4, -0.2) is 37.6 Å². The summed E-state index contributed by atoms with van der Waals surface area (Å²) in [6.07, 6.45) is 1.24. The highest BCUT2D eigenvalue weighted by Crippen LogP contribution is 2.29. The molecule has 1 atom stereocenters. The number of nitrogens with zero attached hydrogens (tertiary/aromatic N) is 2. The Morgan fingerprint density at radius 1 is 1.26 bits per heavy atom. The van der Waals surface area contributed by atoms with E-state index in [4.69, 9.17) is 5.73 Å². The Kier molecular flexibility index (Phi) is 5.25. The number of nitrogens with two attached hydrogens (primary N) is 1. The van der Waals surface area contributed by atoms with Crippen LogP contribution >= 0.6 is 15.9 Å². The summed E-state index contributed by atoms with van der Waals surface area (Å²) in [4.78, 5) is 5.00. The van der Waals surface area contributed by atoms with Crippen LogP contribution < -0.4 is 10.6 Å². The first-order valence-corrected chi connectivity index (χ1v) is 7.93. The maximum absolute atomic E-state index is 5.92. The molecule has 1 aliphatic rings. The Labute approximate surface area is 124 Å². The Bertz CT molecular complexity index is 412. The Hall–Kier alpha value is -0.580. The van der Waals surface area contributed by atoms with Gasteiger partial charge >= 0.3 is 0 Å². The molecule has 4 heteroatoms. The molecule has 1 aromatic rings. The van der Waals surface area contributed by atoms with Gasteiger partial charge in [-0.2, -0.15) is 0 Å². The summed E-state index contributed by atoms with van der Waals surface area (Å²) < 4.78 is 1.16. The molecule has 0 spiro atoms. The van der Waals surface area contributed by atoms with Crippen LogP contribution in [0.3, 0.4) is 0 Å². The molecule has 106 valence electrons. The molecule has 0 unspecified atom stereocenters. The number of hydrogen-bond donors (Lipinski definition) is 1. The number of piperazine rings is 1. The van der Waals surface area contributed by atoms with E-state index in [1.54, 1.807) is 0 Å². The van der Waals surface area contributed by atoms with E-state index in [0.717, 1.165) is 30.7 Å². The zero-order chi connectivity index (χ0) is 13.8. The first kappa shape index (κ1) is 14.8. The molecule has 0 amide bonds. The maximum atomic E-state index is 5.92. The molecule has 1 fully saturated rings. The van der Waals surface area contributed by atoms with Crippen LogP contribution in [-0.2, 0) is 0 Å². The molecule has 0 bridgehead atoms. The van der Waals surface area contributed by atoms with Gasteiger partial charge in [0.2, 0.25) is 0 Å². The largest absolute Gasteiger partial charge is 0.368 e. The van der Waals surface area contributed by atoms with Crippen LogP contribution in [0.15, 0.2) is 22.7 Å². The highest BCUT2D eigenvalue weighted by molar-refractivity contribution is 9.10. The van der Waals surface area contributed by atoms with Gasteiger partial charge in [-0.3, -0.25) is 4.90 Å². The summed E-state index contributed by atoms with van der Waals surface area (Å²) in [6, 6.07) is 6.58. The average Bonchev–Trinajstić information content (AvgIpc) is 2.40. The fourth-order valence-corrected chi connectivity index (χ4v) is 3.24. The van der Waals surface area contributed by atoms with Gasteiger partial charge in [0.1, 0.15) is 0 Å². The maximum Gasteiger partial charge on any atom is 0.0511 e. The van der Waals surface area contributed by atoms with E-state index in [1.807, 2.05) is 6.92 Å². The smallest absolute Gasteiger partial charge is 0.0511 e. The molecule has 0 aromatic heterocycles. The van der Waals surface area contributed by atoms with Gasteiger partial charge in [0.15, 0.2) is 0 Å². The van der Waals surface area contributed by atoms with E-state index in [0.29, 0.717) is 0 Å². The van der Waals surface area contributed by atoms with Crippen LogP contribution in [0.5, 0.6) is 0 Å². The highest BCUT2D eigenvalue weighted by Gasteiger charge is 2.18. The summed E-state index contributed by atoms with van der Waals surface area (Å²) in [5.41, 5.74) is 8.39. The predicted molar refractivity (Wildman–Crippen MR) is 85.7 cm³/mol. The summed E-state index contributed by atoms with van der Waals surface area (Å²) in [5.74, 6) is 0. The van der Waals surface area contributed by atoms with Crippen molar-refractivity contribution in [1.29, 1.82) is 0 Å². The van der Waals surface area contributed by atoms with Crippen LogP contribution in [0.2, 0.25) is 0 Å². The minimum atomic E-state index is 0.0896. The van der Waals surface area contributed by atoms with Crippen molar-refractivity contribution in [3.63, 3.8) is 0 Å². The molecule has 0 saturated carbocycles. The van der Waals surface area contributed by atoms with Crippen molar-refractivity contribution in [2.75, 3.05) is 37.6 Å². The number of halogens is 1. The van der Waals surface area contributed by atoms with Gasteiger partial charge in [0, 0.05) is 36.7 Å². The van der Waals surface area contributed by atoms with Gasteiger partial charge < -0.3 is 10.6 Å². The monoisotopic (exact) mass is 325 g/mol. The molecular formula is C15H24BrN3. The predicted octanol–water partition coefficient (Wildman–Crippen LogP) is 3.00. The standard InChI is InChI=1S/C15H24BrN3/c1-3-6-18-7-9-19(10-8-18)15-5-4-13(12(2)17)11-14(15)16/h4-5,11-12H,3,6-10,17H2,1-2H3/t12-/m1/s1. The fraction of sp³-hybridized carbons (Fsp3) is 0.600. The number of hydrogen-bond acceptors (Lipinski definition) is 3. The second kappa shape index (κ2) is 6.73. The Morgan fingerprint density at radius 2 is 1.95 bits per heavy atom. The van der Waals surface area contributed by atoms with E-state index in [2.05, 4.69) is 50.9 Å². The molecule has 3 nitrogen and oxygen atoms in total. The summed E-state index contributed by atoms with van der Waals surface area (Å²) >= 11 is 3.69. The van der Waals surface area contributed by atoms with Crippen LogP contribution in [0.4, 0.5) is 5.69 Å². The Balaban J connectivity index is 2.03. The van der Waals surface area contributed by atoms with E-state index in [9.17, 15) is 0 Å². The van der Waals surface area contributed by atoms with Crippen molar-refractivity contribution in [1.82, 2.24) is 4.90 Å². The van der Waals surface area contributed by atoms with Crippen molar-refractivity contribution < 1.29 is 0 Å². The van der Waals surface area contributed by atoms with E-state index < -0.39 is 0 Å². The van der Waals surface area contributed by atoms with Gasteiger partial charge in [-0.15, -0.1) is 0 Å². The van der Waals surface area contributed by atoms with E-state index >= 15 is 0 Å². The molecule has 19 heavy (non-hydrogen) atoms. The van der Waals surface area contributed by atoms with Crippen molar-refractivity contribution in [2.24, 2.45) is 5.73 Å². The second-order valence-corrected chi connectivity index (χ2v) is 6.18. The minimum absolute atomic E-state index is 0.0896. The zero-order valence-electron chi connectivity index (χ0n) is 11.9. The normalized spacial score (nSPS) is 18.6. The lowest BCUT2D eigenvalue weighted by Gasteiger charge is -2.36. The molecule has 2 rings (SSSR count). The SMILES string of the molecule is CCCN1CCN(c2ccc([C@@H](C)N)cc2Br)CC1. The van der Waals surface area contributed by atoms with Crippen LogP contribution in [0.1, 0.15) is 31.9 Å². The van der Waals surface area contributed by atoms with Crippen molar-refractivity contribution in [3.05, 3.63) is 28.2 Å². The van der Waals surface area contributed by atoms with Gasteiger partial charge in [-0.25, -0.2) is 0 Å². The first-order valence-electron chi connectivity index (χ1n) is 7.14. The third-order valence-corrected chi connectivity index (χ3v) is 4.39.